The largest absolute Gasteiger partial charge is 0.494 e. The zero-order valence-corrected chi connectivity index (χ0v) is 13.3. The van der Waals surface area contributed by atoms with E-state index in [9.17, 15) is 0 Å². The molecule has 1 aromatic carbocycles. The highest BCUT2D eigenvalue weighted by molar-refractivity contribution is 9.09. The predicted molar refractivity (Wildman–Crippen MR) is 79.8 cm³/mol. The van der Waals surface area contributed by atoms with Crippen molar-refractivity contribution in [3.05, 3.63) is 24.3 Å². The van der Waals surface area contributed by atoms with Crippen LogP contribution in [0.15, 0.2) is 24.3 Å². The fourth-order valence-electron chi connectivity index (χ4n) is 1.52. The summed E-state index contributed by atoms with van der Waals surface area (Å²) in [6.45, 7) is 10.1. The molecular formula is C15H23BrO2. The topological polar surface area (TPSA) is 18.5 Å². The highest BCUT2D eigenvalue weighted by Gasteiger charge is 2.24. The average molecular weight is 315 g/mol. The summed E-state index contributed by atoms with van der Waals surface area (Å²) in [5.74, 6) is 2.27. The summed E-state index contributed by atoms with van der Waals surface area (Å²) in [5.41, 5.74) is 0.245. The highest BCUT2D eigenvalue weighted by atomic mass is 79.9. The fraction of sp³-hybridized carbons (Fsp3) is 0.600. The third kappa shape index (κ3) is 4.89. The van der Waals surface area contributed by atoms with Crippen LogP contribution in [0.2, 0.25) is 0 Å². The molecule has 0 fully saturated rings. The molecule has 18 heavy (non-hydrogen) atoms. The number of hydrogen-bond acceptors (Lipinski definition) is 2. The molecule has 0 heterocycles. The number of halogens is 1. The van der Waals surface area contributed by atoms with E-state index in [0.29, 0.717) is 12.5 Å². The average Bonchev–Trinajstić information content (AvgIpc) is 2.30. The Balaban J connectivity index is 2.52. The molecule has 0 spiro atoms. The minimum atomic E-state index is 0.245. The van der Waals surface area contributed by atoms with Crippen molar-refractivity contribution in [1.29, 1.82) is 0 Å². The molecule has 0 aliphatic rings. The first-order valence-corrected chi connectivity index (χ1v) is 7.51. The number of ether oxygens (including phenoxy) is 2. The number of hydrogen-bond donors (Lipinski definition) is 0. The highest BCUT2D eigenvalue weighted by Crippen LogP contribution is 2.28. The monoisotopic (exact) mass is 314 g/mol. The van der Waals surface area contributed by atoms with Crippen molar-refractivity contribution in [1.82, 2.24) is 0 Å². The second-order valence-corrected chi connectivity index (χ2v) is 6.08. The molecule has 0 aliphatic carbocycles. The Bertz CT molecular complexity index is 341. The summed E-state index contributed by atoms with van der Waals surface area (Å²) in [6, 6.07) is 7.80. The molecule has 0 N–H and O–H groups in total. The molecule has 1 aromatic rings. The zero-order valence-electron chi connectivity index (χ0n) is 11.7. The molecule has 0 bridgehead atoms. The molecule has 3 heteroatoms. The molecule has 1 atom stereocenters. The van der Waals surface area contributed by atoms with E-state index in [1.807, 2.05) is 31.2 Å². The Morgan fingerprint density at radius 1 is 1.06 bits per heavy atom. The predicted octanol–water partition coefficient (Wildman–Crippen LogP) is 4.52. The Kier molecular flexibility index (Phi) is 6.00. The lowest BCUT2D eigenvalue weighted by Crippen LogP contribution is -2.27. The van der Waals surface area contributed by atoms with Crippen LogP contribution in [0.5, 0.6) is 11.5 Å². The first-order valence-electron chi connectivity index (χ1n) is 6.39. The first-order chi connectivity index (χ1) is 8.47. The molecular weight excluding hydrogens is 292 g/mol. The van der Waals surface area contributed by atoms with Gasteiger partial charge in [-0.15, -0.1) is 0 Å². The van der Waals surface area contributed by atoms with Gasteiger partial charge in [0.25, 0.3) is 0 Å². The van der Waals surface area contributed by atoms with E-state index in [2.05, 4.69) is 36.7 Å². The van der Waals surface area contributed by atoms with Gasteiger partial charge in [0.1, 0.15) is 11.5 Å². The van der Waals surface area contributed by atoms with Gasteiger partial charge in [-0.3, -0.25) is 0 Å². The van der Waals surface area contributed by atoms with Crippen molar-refractivity contribution in [2.45, 2.75) is 27.7 Å². The lowest BCUT2D eigenvalue weighted by molar-refractivity contribution is 0.166. The van der Waals surface area contributed by atoms with Crippen LogP contribution in [-0.4, -0.2) is 18.5 Å². The zero-order chi connectivity index (χ0) is 13.6. The van der Waals surface area contributed by atoms with E-state index in [0.717, 1.165) is 23.4 Å². The summed E-state index contributed by atoms with van der Waals surface area (Å²) < 4.78 is 11.2. The van der Waals surface area contributed by atoms with Gasteiger partial charge in [-0.1, -0.05) is 36.7 Å². The van der Waals surface area contributed by atoms with E-state index in [-0.39, 0.29) is 5.41 Å². The van der Waals surface area contributed by atoms with Crippen LogP contribution >= 0.6 is 15.9 Å². The maximum absolute atomic E-state index is 5.83. The third-order valence-corrected chi connectivity index (χ3v) is 3.78. The van der Waals surface area contributed by atoms with E-state index in [1.54, 1.807) is 0 Å². The molecule has 0 saturated heterocycles. The molecule has 1 rings (SSSR count). The third-order valence-electron chi connectivity index (χ3n) is 3.00. The molecule has 102 valence electrons. The van der Waals surface area contributed by atoms with Gasteiger partial charge in [0.05, 0.1) is 13.2 Å². The maximum atomic E-state index is 5.83. The van der Waals surface area contributed by atoms with Crippen molar-refractivity contribution < 1.29 is 9.47 Å². The molecule has 0 radical (unpaired) electrons. The van der Waals surface area contributed by atoms with Crippen LogP contribution < -0.4 is 9.47 Å². The van der Waals surface area contributed by atoms with E-state index < -0.39 is 0 Å². The van der Waals surface area contributed by atoms with Gasteiger partial charge in [0.15, 0.2) is 0 Å². The number of benzene rings is 1. The molecule has 0 amide bonds. The number of rotatable bonds is 6. The van der Waals surface area contributed by atoms with Gasteiger partial charge < -0.3 is 9.47 Å². The lowest BCUT2D eigenvalue weighted by atomic mass is 9.83. The van der Waals surface area contributed by atoms with E-state index in [4.69, 9.17) is 9.47 Å². The van der Waals surface area contributed by atoms with Crippen LogP contribution in [0.3, 0.4) is 0 Å². The van der Waals surface area contributed by atoms with Crippen molar-refractivity contribution in [2.75, 3.05) is 18.5 Å². The van der Waals surface area contributed by atoms with Crippen LogP contribution in [0.4, 0.5) is 0 Å². The van der Waals surface area contributed by atoms with Crippen LogP contribution in [0.25, 0.3) is 0 Å². The maximum Gasteiger partial charge on any atom is 0.119 e. The van der Waals surface area contributed by atoms with Crippen LogP contribution in [-0.2, 0) is 0 Å². The van der Waals surface area contributed by atoms with Gasteiger partial charge >= 0.3 is 0 Å². The Labute approximate surface area is 119 Å². The van der Waals surface area contributed by atoms with Crippen molar-refractivity contribution in [2.24, 2.45) is 11.3 Å². The van der Waals surface area contributed by atoms with Gasteiger partial charge in [-0.25, -0.2) is 0 Å². The summed E-state index contributed by atoms with van der Waals surface area (Å²) in [4.78, 5) is 0. The van der Waals surface area contributed by atoms with Crippen molar-refractivity contribution in [3.63, 3.8) is 0 Å². The van der Waals surface area contributed by atoms with E-state index >= 15 is 0 Å². The van der Waals surface area contributed by atoms with Gasteiger partial charge in [-0.2, -0.15) is 0 Å². The standard InChI is InChI=1S/C15H23BrO2/c1-5-17-13-6-8-14(9-7-13)18-11-12(10-16)15(2,3)4/h6-9,12H,5,10-11H2,1-4H3. The first kappa shape index (κ1) is 15.4. The quantitative estimate of drug-likeness (QED) is 0.719. The van der Waals surface area contributed by atoms with Crippen LogP contribution in [0, 0.1) is 11.3 Å². The van der Waals surface area contributed by atoms with E-state index in [1.165, 1.54) is 0 Å². The minimum absolute atomic E-state index is 0.245. The summed E-state index contributed by atoms with van der Waals surface area (Å²) >= 11 is 3.56. The Morgan fingerprint density at radius 2 is 1.56 bits per heavy atom. The molecule has 0 saturated carbocycles. The summed E-state index contributed by atoms with van der Waals surface area (Å²) in [7, 11) is 0. The molecule has 2 nitrogen and oxygen atoms in total. The second kappa shape index (κ2) is 7.03. The van der Waals surface area contributed by atoms with Crippen molar-refractivity contribution >= 4 is 15.9 Å². The fourth-order valence-corrected chi connectivity index (χ4v) is 2.68. The Hall–Kier alpha value is -0.700. The molecule has 0 aliphatic heterocycles. The normalized spacial score (nSPS) is 13.2. The van der Waals surface area contributed by atoms with Crippen LogP contribution in [0.1, 0.15) is 27.7 Å². The summed E-state index contributed by atoms with van der Waals surface area (Å²) in [5, 5.41) is 0.952. The van der Waals surface area contributed by atoms with Gasteiger partial charge in [0, 0.05) is 11.2 Å². The molecule has 0 aromatic heterocycles. The Morgan fingerprint density at radius 3 is 1.94 bits per heavy atom. The SMILES string of the molecule is CCOc1ccc(OCC(CBr)C(C)(C)C)cc1. The van der Waals surface area contributed by atoms with Crippen molar-refractivity contribution in [3.8, 4) is 11.5 Å². The molecule has 1 unspecified atom stereocenters. The van der Waals surface area contributed by atoms with Gasteiger partial charge in [-0.05, 0) is 36.6 Å². The lowest BCUT2D eigenvalue weighted by Gasteiger charge is -2.28. The second-order valence-electron chi connectivity index (χ2n) is 5.43. The smallest absolute Gasteiger partial charge is 0.119 e. The summed E-state index contributed by atoms with van der Waals surface area (Å²) in [6.07, 6.45) is 0. The van der Waals surface area contributed by atoms with Gasteiger partial charge in [0.2, 0.25) is 0 Å². The minimum Gasteiger partial charge on any atom is -0.494 e. The number of alkyl halides is 1.